The van der Waals surface area contributed by atoms with Gasteiger partial charge in [-0.1, -0.05) is 0 Å². The fourth-order valence-electron chi connectivity index (χ4n) is 0.225. The third-order valence-corrected chi connectivity index (χ3v) is 0.533. The number of hydrogen-bond acceptors (Lipinski definition) is 3. The summed E-state index contributed by atoms with van der Waals surface area (Å²) in [6, 6.07) is -3.85. The second-order valence-electron chi connectivity index (χ2n) is 1.28. The molecular weight excluding hydrogens is 184 g/mol. The van der Waals surface area contributed by atoms with E-state index in [4.69, 9.17) is 0 Å². The maximum absolute atomic E-state index is 11.7. The largest absolute Gasteiger partial charge is 0.523 e. The number of hydrogen-bond donors (Lipinski definition) is 0. The number of rotatable bonds is 2. The highest BCUT2D eigenvalue weighted by molar-refractivity contribution is 5.62. The quantitative estimate of drug-likeness (QED) is 0.377. The van der Waals surface area contributed by atoms with Gasteiger partial charge in [0.2, 0.25) is 0 Å². The summed E-state index contributed by atoms with van der Waals surface area (Å²) in [4.78, 5) is 10.0. The van der Waals surface area contributed by atoms with E-state index in [0.717, 1.165) is 0 Å². The van der Waals surface area contributed by atoms with Crippen LogP contribution in [0.5, 0.6) is 0 Å². The minimum absolute atomic E-state index is 0.696. The SMILES string of the molecule is O=C(O/C(F)=C/F)O/C(F)=C/F. The molecule has 0 aromatic heterocycles. The van der Waals surface area contributed by atoms with Crippen molar-refractivity contribution in [3.63, 3.8) is 0 Å². The molecule has 0 aliphatic rings. The summed E-state index contributed by atoms with van der Waals surface area (Å²) in [6.07, 6.45) is -3.32. The van der Waals surface area contributed by atoms with Crippen molar-refractivity contribution >= 4 is 6.16 Å². The third-order valence-electron chi connectivity index (χ3n) is 0.533. The fraction of sp³-hybridized carbons (Fsp3) is 0. The van der Waals surface area contributed by atoms with Crippen LogP contribution in [-0.2, 0) is 9.47 Å². The van der Waals surface area contributed by atoms with Gasteiger partial charge in [0.15, 0.2) is 12.7 Å². The van der Waals surface area contributed by atoms with Crippen LogP contribution in [0.25, 0.3) is 0 Å². The Kier molecular flexibility index (Phi) is 4.51. The molecule has 0 heterocycles. The Morgan fingerprint density at radius 2 is 1.33 bits per heavy atom. The topological polar surface area (TPSA) is 35.5 Å². The predicted octanol–water partition coefficient (Wildman–Crippen LogP) is 2.62. The average Bonchev–Trinajstić information content (AvgIpc) is 2.03. The normalized spacial score (nSPS) is 12.7. The van der Waals surface area contributed by atoms with Crippen molar-refractivity contribution in [1.82, 2.24) is 0 Å². The Balaban J connectivity index is 3.91. The molecule has 0 aromatic rings. The third kappa shape index (κ3) is 4.31. The minimum atomic E-state index is -1.92. The van der Waals surface area contributed by atoms with Crippen LogP contribution in [0.3, 0.4) is 0 Å². The molecule has 68 valence electrons. The Hall–Kier alpha value is -1.53. The molecular formula is C5H2F4O3. The van der Waals surface area contributed by atoms with Crippen molar-refractivity contribution < 1.29 is 31.8 Å². The van der Waals surface area contributed by atoms with Crippen LogP contribution < -0.4 is 0 Å². The summed E-state index contributed by atoms with van der Waals surface area (Å²) in [5.41, 5.74) is 0. The van der Waals surface area contributed by atoms with Gasteiger partial charge >= 0.3 is 18.2 Å². The molecule has 0 saturated carbocycles. The smallest absolute Gasteiger partial charge is 0.364 e. The molecule has 0 atom stereocenters. The number of halogens is 4. The summed E-state index contributed by atoms with van der Waals surface area (Å²) >= 11 is 0. The Morgan fingerprint density at radius 3 is 1.58 bits per heavy atom. The molecule has 0 radical (unpaired) electrons. The standard InChI is InChI=1S/C5H2F4O3/c6-1-3(8)11-5(10)12-4(9)2-7/h1-2H/b3-1+,4-2+. The molecule has 0 aromatic carbocycles. The lowest BCUT2D eigenvalue weighted by atomic mass is 11.0. The second kappa shape index (κ2) is 5.16. The maximum Gasteiger partial charge on any atom is 0.523 e. The highest BCUT2D eigenvalue weighted by atomic mass is 19.2. The highest BCUT2D eigenvalue weighted by Gasteiger charge is 2.10. The second-order valence-corrected chi connectivity index (χ2v) is 1.28. The van der Waals surface area contributed by atoms with Gasteiger partial charge in [0.25, 0.3) is 0 Å². The van der Waals surface area contributed by atoms with Crippen molar-refractivity contribution in [2.45, 2.75) is 0 Å². The number of carbonyl (C=O) groups excluding carboxylic acids is 1. The lowest BCUT2D eigenvalue weighted by Gasteiger charge is -1.97. The summed E-state index contributed by atoms with van der Waals surface area (Å²) in [5, 5.41) is 0. The Morgan fingerprint density at radius 1 is 1.00 bits per heavy atom. The van der Waals surface area contributed by atoms with Crippen LogP contribution in [0.4, 0.5) is 22.4 Å². The van der Waals surface area contributed by atoms with E-state index in [1.54, 1.807) is 0 Å². The molecule has 0 rings (SSSR count). The summed E-state index contributed by atoms with van der Waals surface area (Å²) in [7, 11) is 0. The molecule has 0 bridgehead atoms. The molecule has 12 heavy (non-hydrogen) atoms. The molecule has 0 amide bonds. The first-order valence-electron chi connectivity index (χ1n) is 2.41. The van der Waals surface area contributed by atoms with Gasteiger partial charge < -0.3 is 9.47 Å². The summed E-state index contributed by atoms with van der Waals surface area (Å²) in [6.45, 7) is 0. The molecule has 0 saturated heterocycles. The average molecular weight is 186 g/mol. The van der Waals surface area contributed by atoms with Crippen LogP contribution in [0.15, 0.2) is 24.7 Å². The zero-order chi connectivity index (χ0) is 9.56. The molecule has 7 heteroatoms. The number of ether oxygens (including phenoxy) is 2. The van der Waals surface area contributed by atoms with Gasteiger partial charge in [-0.25, -0.2) is 13.6 Å². The lowest BCUT2D eigenvalue weighted by molar-refractivity contribution is 0.0646. The monoisotopic (exact) mass is 186 g/mol. The Labute approximate surface area is 63.9 Å². The molecule has 0 unspecified atom stereocenters. The van der Waals surface area contributed by atoms with Gasteiger partial charge in [0.1, 0.15) is 0 Å². The first-order valence-corrected chi connectivity index (χ1v) is 2.41. The van der Waals surface area contributed by atoms with Crippen molar-refractivity contribution in [2.24, 2.45) is 0 Å². The first-order chi connectivity index (χ1) is 5.60. The van der Waals surface area contributed by atoms with Gasteiger partial charge in [0, 0.05) is 0 Å². The molecule has 3 nitrogen and oxygen atoms in total. The van der Waals surface area contributed by atoms with E-state index in [0.29, 0.717) is 0 Å². The van der Waals surface area contributed by atoms with Gasteiger partial charge in [-0.05, 0) is 0 Å². The van der Waals surface area contributed by atoms with E-state index in [-0.39, 0.29) is 0 Å². The zero-order valence-electron chi connectivity index (χ0n) is 5.39. The molecule has 0 N–H and O–H groups in total. The first kappa shape index (κ1) is 10.5. The number of carbonyl (C=O) groups is 1. The van der Waals surface area contributed by atoms with Crippen molar-refractivity contribution in [2.75, 3.05) is 0 Å². The van der Waals surface area contributed by atoms with E-state index in [2.05, 4.69) is 9.47 Å². The zero-order valence-corrected chi connectivity index (χ0v) is 5.39. The fourth-order valence-corrected chi connectivity index (χ4v) is 0.225. The van der Waals surface area contributed by atoms with Gasteiger partial charge in [0.05, 0.1) is 0 Å². The molecule has 0 aliphatic heterocycles. The predicted molar refractivity (Wildman–Crippen MR) is 28.2 cm³/mol. The minimum Gasteiger partial charge on any atom is -0.364 e. The summed E-state index contributed by atoms with van der Waals surface area (Å²) in [5.74, 6) is 0. The van der Waals surface area contributed by atoms with Crippen molar-refractivity contribution in [3.8, 4) is 0 Å². The summed E-state index contributed by atoms with van der Waals surface area (Å²) < 4.78 is 52.1. The van der Waals surface area contributed by atoms with Crippen LogP contribution in [0, 0.1) is 0 Å². The molecule has 0 fully saturated rings. The van der Waals surface area contributed by atoms with Gasteiger partial charge in [-0.2, -0.15) is 8.78 Å². The van der Waals surface area contributed by atoms with E-state index < -0.39 is 30.8 Å². The van der Waals surface area contributed by atoms with Crippen LogP contribution >= 0.6 is 0 Å². The van der Waals surface area contributed by atoms with Crippen molar-refractivity contribution in [1.29, 1.82) is 0 Å². The van der Waals surface area contributed by atoms with E-state index in [1.165, 1.54) is 0 Å². The maximum atomic E-state index is 11.7. The van der Waals surface area contributed by atoms with Crippen molar-refractivity contribution in [3.05, 3.63) is 24.7 Å². The van der Waals surface area contributed by atoms with Gasteiger partial charge in [-0.15, -0.1) is 0 Å². The Bertz CT molecular complexity index is 201. The van der Waals surface area contributed by atoms with E-state index in [9.17, 15) is 22.4 Å². The van der Waals surface area contributed by atoms with E-state index >= 15 is 0 Å². The molecule has 0 spiro atoms. The van der Waals surface area contributed by atoms with Crippen LogP contribution in [0.1, 0.15) is 0 Å². The lowest BCUT2D eigenvalue weighted by Crippen LogP contribution is -2.03. The van der Waals surface area contributed by atoms with Gasteiger partial charge in [-0.3, -0.25) is 0 Å². The highest BCUT2D eigenvalue weighted by Crippen LogP contribution is 2.06. The van der Waals surface area contributed by atoms with E-state index in [1.807, 2.05) is 0 Å². The molecule has 0 aliphatic carbocycles. The van der Waals surface area contributed by atoms with Crippen LogP contribution in [0.2, 0.25) is 0 Å². The van der Waals surface area contributed by atoms with Crippen LogP contribution in [-0.4, -0.2) is 6.16 Å².